The van der Waals surface area contributed by atoms with Crippen molar-refractivity contribution < 1.29 is 13.5 Å². The second-order valence-corrected chi connectivity index (χ2v) is 12.3. The van der Waals surface area contributed by atoms with Crippen LogP contribution in [-0.2, 0) is 22.2 Å². The molecule has 194 valence electrons. The van der Waals surface area contributed by atoms with Gasteiger partial charge in [-0.3, -0.25) is 0 Å². The topological polar surface area (TPSA) is 116 Å². The van der Waals surface area contributed by atoms with Gasteiger partial charge in [-0.2, -0.15) is 0 Å². The second kappa shape index (κ2) is 8.67. The minimum atomic E-state index is -3.89. The standard InChI is InChI=1S/C28H22N6O3S2/c1-18-5-7-21(8-6-18)39(36,37)34-15-23(22-14-29-17-31-25(22)34)26-32-24(16-38-26)19-3-2-4-20(13-19)28(35)9-11-33-12-10-30-27(28)33/h2-8,10,12-17,35H,9,11H2,1H3/t28-/m1/s1. The molecule has 0 amide bonds. The molecule has 9 nitrogen and oxygen atoms in total. The zero-order chi connectivity index (χ0) is 26.8. The summed E-state index contributed by atoms with van der Waals surface area (Å²) in [6, 6.07) is 14.4. The van der Waals surface area contributed by atoms with E-state index in [2.05, 4.69) is 15.0 Å². The molecular formula is C28H22N6O3S2. The Bertz CT molecular complexity index is 1970. The van der Waals surface area contributed by atoms with Crippen LogP contribution in [0.1, 0.15) is 23.4 Å². The molecule has 0 saturated heterocycles. The third-order valence-corrected chi connectivity index (χ3v) is 9.72. The average Bonchev–Trinajstić information content (AvgIpc) is 3.74. The molecule has 1 aliphatic heterocycles. The van der Waals surface area contributed by atoms with Crippen molar-refractivity contribution in [3.8, 4) is 21.8 Å². The molecular weight excluding hydrogens is 532 g/mol. The lowest BCUT2D eigenvalue weighted by molar-refractivity contribution is 0.0786. The predicted octanol–water partition coefficient (Wildman–Crippen LogP) is 4.60. The third-order valence-electron chi connectivity index (χ3n) is 7.18. The highest BCUT2D eigenvalue weighted by Gasteiger charge is 2.40. The molecule has 6 aromatic rings. The normalized spacial score (nSPS) is 17.1. The number of fused-ring (bicyclic) bond motifs is 2. The van der Waals surface area contributed by atoms with E-state index in [4.69, 9.17) is 4.98 Å². The predicted molar refractivity (Wildman–Crippen MR) is 148 cm³/mol. The van der Waals surface area contributed by atoms with E-state index >= 15 is 0 Å². The maximum atomic E-state index is 13.5. The Morgan fingerprint density at radius 1 is 1.10 bits per heavy atom. The first-order chi connectivity index (χ1) is 18.8. The Hall–Kier alpha value is -4.19. The summed E-state index contributed by atoms with van der Waals surface area (Å²) >= 11 is 1.41. The van der Waals surface area contributed by atoms with Gasteiger partial charge in [0.1, 0.15) is 22.8 Å². The molecule has 0 saturated carbocycles. The summed E-state index contributed by atoms with van der Waals surface area (Å²) in [5.41, 5.74) is 3.06. The van der Waals surface area contributed by atoms with Gasteiger partial charge in [0, 0.05) is 59.6 Å². The minimum Gasteiger partial charge on any atom is -0.377 e. The van der Waals surface area contributed by atoms with Gasteiger partial charge in [0.15, 0.2) is 5.65 Å². The van der Waals surface area contributed by atoms with E-state index in [1.165, 1.54) is 21.6 Å². The summed E-state index contributed by atoms with van der Waals surface area (Å²) in [4.78, 5) is 17.9. The number of thiazole rings is 1. The van der Waals surface area contributed by atoms with Crippen molar-refractivity contribution in [1.29, 1.82) is 0 Å². The molecule has 0 fully saturated rings. The van der Waals surface area contributed by atoms with Crippen molar-refractivity contribution in [2.75, 3.05) is 0 Å². The van der Waals surface area contributed by atoms with Gasteiger partial charge in [0.05, 0.1) is 10.6 Å². The van der Waals surface area contributed by atoms with Crippen LogP contribution in [0.25, 0.3) is 32.9 Å². The zero-order valence-electron chi connectivity index (χ0n) is 20.8. The fourth-order valence-electron chi connectivity index (χ4n) is 5.10. The molecule has 5 heterocycles. The van der Waals surface area contributed by atoms with Crippen molar-refractivity contribution in [3.63, 3.8) is 0 Å². The van der Waals surface area contributed by atoms with E-state index in [1.807, 2.05) is 47.3 Å². The summed E-state index contributed by atoms with van der Waals surface area (Å²) in [6.45, 7) is 2.61. The summed E-state index contributed by atoms with van der Waals surface area (Å²) in [5, 5.41) is 14.7. The smallest absolute Gasteiger partial charge is 0.269 e. The quantitative estimate of drug-likeness (QED) is 0.331. The highest BCUT2D eigenvalue weighted by atomic mass is 32.2. The summed E-state index contributed by atoms with van der Waals surface area (Å²) in [7, 11) is -3.89. The number of rotatable bonds is 5. The fourth-order valence-corrected chi connectivity index (χ4v) is 7.28. The molecule has 7 rings (SSSR count). The first kappa shape index (κ1) is 23.9. The van der Waals surface area contributed by atoms with Crippen molar-refractivity contribution >= 4 is 32.4 Å². The van der Waals surface area contributed by atoms with Gasteiger partial charge >= 0.3 is 0 Å². The highest BCUT2D eigenvalue weighted by Crippen LogP contribution is 2.40. The summed E-state index contributed by atoms with van der Waals surface area (Å²) < 4.78 is 30.3. The maximum Gasteiger partial charge on any atom is 0.269 e. The first-order valence-corrected chi connectivity index (χ1v) is 14.6. The Morgan fingerprint density at radius 2 is 1.95 bits per heavy atom. The Kier molecular flexibility index (Phi) is 5.31. The van der Waals surface area contributed by atoms with Gasteiger partial charge in [0.25, 0.3) is 10.0 Å². The molecule has 1 N–H and O–H groups in total. The van der Waals surface area contributed by atoms with E-state index in [0.29, 0.717) is 40.4 Å². The van der Waals surface area contributed by atoms with Gasteiger partial charge in [-0.15, -0.1) is 11.3 Å². The van der Waals surface area contributed by atoms with Crippen LogP contribution in [0.2, 0.25) is 0 Å². The number of benzene rings is 2. The van der Waals surface area contributed by atoms with Crippen LogP contribution in [0.4, 0.5) is 0 Å². The van der Waals surface area contributed by atoms with E-state index in [1.54, 1.807) is 42.9 Å². The molecule has 2 aromatic carbocycles. The van der Waals surface area contributed by atoms with Crippen molar-refractivity contribution in [1.82, 2.24) is 28.5 Å². The van der Waals surface area contributed by atoms with Crippen LogP contribution < -0.4 is 0 Å². The highest BCUT2D eigenvalue weighted by molar-refractivity contribution is 7.90. The Balaban J connectivity index is 1.29. The molecule has 0 unspecified atom stereocenters. The van der Waals surface area contributed by atoms with Gasteiger partial charge in [-0.1, -0.05) is 35.9 Å². The van der Waals surface area contributed by atoms with Crippen LogP contribution in [0.5, 0.6) is 0 Å². The number of aryl methyl sites for hydroxylation is 2. The molecule has 0 aliphatic carbocycles. The molecule has 4 aromatic heterocycles. The Morgan fingerprint density at radius 3 is 2.79 bits per heavy atom. The molecule has 1 aliphatic rings. The van der Waals surface area contributed by atoms with Gasteiger partial charge < -0.3 is 9.67 Å². The van der Waals surface area contributed by atoms with E-state index < -0.39 is 15.6 Å². The van der Waals surface area contributed by atoms with E-state index in [-0.39, 0.29) is 4.90 Å². The van der Waals surface area contributed by atoms with Gasteiger partial charge in [-0.05, 0) is 30.7 Å². The number of imidazole rings is 1. The van der Waals surface area contributed by atoms with Crippen LogP contribution in [0, 0.1) is 6.92 Å². The molecule has 1 atom stereocenters. The first-order valence-electron chi connectivity index (χ1n) is 12.3. The Labute approximate surface area is 228 Å². The largest absolute Gasteiger partial charge is 0.377 e. The lowest BCUT2D eigenvalue weighted by atomic mass is 9.90. The maximum absolute atomic E-state index is 13.5. The molecule has 39 heavy (non-hydrogen) atoms. The second-order valence-electron chi connectivity index (χ2n) is 9.59. The lowest BCUT2D eigenvalue weighted by Gasteiger charge is -2.22. The van der Waals surface area contributed by atoms with Crippen molar-refractivity contribution in [2.45, 2.75) is 30.4 Å². The number of aliphatic hydroxyl groups is 1. The van der Waals surface area contributed by atoms with Gasteiger partial charge in [-0.25, -0.2) is 32.3 Å². The van der Waals surface area contributed by atoms with Crippen molar-refractivity contribution in [2.24, 2.45) is 0 Å². The molecule has 0 spiro atoms. The summed E-state index contributed by atoms with van der Waals surface area (Å²) in [5.74, 6) is 0.640. The van der Waals surface area contributed by atoms with Crippen LogP contribution in [0.15, 0.2) is 89.9 Å². The molecule has 11 heteroatoms. The van der Waals surface area contributed by atoms with E-state index in [9.17, 15) is 13.5 Å². The number of nitrogens with zero attached hydrogens (tertiary/aromatic N) is 6. The number of hydrogen-bond donors (Lipinski definition) is 1. The van der Waals surface area contributed by atoms with Crippen LogP contribution in [0.3, 0.4) is 0 Å². The van der Waals surface area contributed by atoms with Crippen molar-refractivity contribution in [3.05, 3.63) is 102 Å². The van der Waals surface area contributed by atoms with Gasteiger partial charge in [0.2, 0.25) is 0 Å². The van der Waals surface area contributed by atoms with E-state index in [0.717, 1.165) is 22.4 Å². The average molecular weight is 555 g/mol. The SMILES string of the molecule is Cc1ccc(S(=O)(=O)n2cc(-c3nc(-c4cccc([C@]5(O)CCn6ccnc65)c4)cs3)c3cncnc32)cc1. The minimum absolute atomic E-state index is 0.178. The fraction of sp³-hybridized carbons (Fsp3) is 0.143. The lowest BCUT2D eigenvalue weighted by Crippen LogP contribution is -2.25. The molecule has 0 bridgehead atoms. The van der Waals surface area contributed by atoms with Crippen LogP contribution >= 0.6 is 11.3 Å². The number of hydrogen-bond acceptors (Lipinski definition) is 8. The zero-order valence-corrected chi connectivity index (χ0v) is 22.4. The summed E-state index contributed by atoms with van der Waals surface area (Å²) in [6.07, 6.45) is 8.65. The number of aromatic nitrogens is 6. The molecule has 0 radical (unpaired) electrons. The third kappa shape index (κ3) is 3.73. The monoisotopic (exact) mass is 554 g/mol. The van der Waals surface area contributed by atoms with Crippen LogP contribution in [-0.4, -0.2) is 42.0 Å².